The molecule has 0 radical (unpaired) electrons. The number of para-hydroxylation sites is 1. The number of rotatable bonds is 5. The van der Waals surface area contributed by atoms with E-state index in [0.29, 0.717) is 13.2 Å². The molecule has 0 saturated carbocycles. The lowest BCUT2D eigenvalue weighted by molar-refractivity contribution is 0.121. The highest BCUT2D eigenvalue weighted by Crippen LogP contribution is 2.12. The van der Waals surface area contributed by atoms with Gasteiger partial charge in [-0.1, -0.05) is 18.2 Å². The Kier molecular flexibility index (Phi) is 4.12. The minimum Gasteiger partial charge on any atom is -0.399 e. The van der Waals surface area contributed by atoms with Crippen molar-refractivity contribution in [1.82, 2.24) is 4.98 Å². The number of aromatic nitrogens is 1. The van der Waals surface area contributed by atoms with Crippen molar-refractivity contribution in [3.8, 4) is 0 Å². The minimum absolute atomic E-state index is 0.580. The molecule has 0 spiro atoms. The second-order valence-electron chi connectivity index (χ2n) is 3.86. The van der Waals surface area contributed by atoms with Crippen molar-refractivity contribution >= 4 is 17.0 Å². The summed E-state index contributed by atoms with van der Waals surface area (Å²) in [5, 5.41) is 3.11. The van der Waals surface area contributed by atoms with Crippen LogP contribution in [0.15, 0.2) is 29.6 Å². The van der Waals surface area contributed by atoms with Gasteiger partial charge in [-0.05, 0) is 25.0 Å². The number of nitrogens with two attached hydrogens (primary N) is 1. The molecule has 3 nitrogen and oxygen atoms in total. The van der Waals surface area contributed by atoms with Crippen LogP contribution in [-0.4, -0.2) is 11.6 Å². The lowest BCUT2D eigenvalue weighted by Gasteiger charge is -2.05. The van der Waals surface area contributed by atoms with Crippen LogP contribution in [0.5, 0.6) is 0 Å². The van der Waals surface area contributed by atoms with Crippen molar-refractivity contribution in [2.45, 2.75) is 20.0 Å². The van der Waals surface area contributed by atoms with Crippen molar-refractivity contribution in [3.63, 3.8) is 0 Å². The molecule has 0 bridgehead atoms. The summed E-state index contributed by atoms with van der Waals surface area (Å²) in [4.78, 5) is 4.34. The normalized spacial score (nSPS) is 10.6. The standard InChI is InChI=1S/C13H16N2OS/c1-10-15-12(9-17-10)8-16-7-6-11-4-2-3-5-13(11)14/h2-5,9H,6-8,14H2,1H3. The summed E-state index contributed by atoms with van der Waals surface area (Å²) in [5.74, 6) is 0. The average Bonchev–Trinajstić information content (AvgIpc) is 2.73. The lowest BCUT2D eigenvalue weighted by Crippen LogP contribution is -2.02. The number of benzene rings is 1. The van der Waals surface area contributed by atoms with Gasteiger partial charge in [-0.15, -0.1) is 11.3 Å². The van der Waals surface area contributed by atoms with Gasteiger partial charge in [0.2, 0.25) is 0 Å². The van der Waals surface area contributed by atoms with Crippen LogP contribution in [0, 0.1) is 6.92 Å². The third-order valence-corrected chi connectivity index (χ3v) is 3.31. The summed E-state index contributed by atoms with van der Waals surface area (Å²) < 4.78 is 5.58. The second-order valence-corrected chi connectivity index (χ2v) is 4.92. The Labute approximate surface area is 105 Å². The van der Waals surface area contributed by atoms with E-state index in [-0.39, 0.29) is 0 Å². The van der Waals surface area contributed by atoms with Crippen LogP contribution in [0.2, 0.25) is 0 Å². The number of ether oxygens (including phenoxy) is 1. The third kappa shape index (κ3) is 3.54. The van der Waals surface area contributed by atoms with E-state index in [1.54, 1.807) is 11.3 Å². The Balaban J connectivity index is 1.75. The first kappa shape index (κ1) is 12.1. The molecule has 0 fully saturated rings. The van der Waals surface area contributed by atoms with Crippen molar-refractivity contribution in [3.05, 3.63) is 45.9 Å². The van der Waals surface area contributed by atoms with Crippen LogP contribution < -0.4 is 5.73 Å². The van der Waals surface area contributed by atoms with Gasteiger partial charge in [0.05, 0.1) is 23.9 Å². The topological polar surface area (TPSA) is 48.1 Å². The maximum atomic E-state index is 5.85. The van der Waals surface area contributed by atoms with Gasteiger partial charge >= 0.3 is 0 Å². The zero-order valence-corrected chi connectivity index (χ0v) is 10.7. The number of anilines is 1. The average molecular weight is 248 g/mol. The monoisotopic (exact) mass is 248 g/mol. The Hall–Kier alpha value is -1.39. The maximum Gasteiger partial charge on any atom is 0.0898 e. The Bertz CT molecular complexity index is 482. The van der Waals surface area contributed by atoms with E-state index in [9.17, 15) is 0 Å². The minimum atomic E-state index is 0.580. The van der Waals surface area contributed by atoms with E-state index >= 15 is 0 Å². The zero-order valence-electron chi connectivity index (χ0n) is 9.85. The molecule has 0 saturated heterocycles. The summed E-state index contributed by atoms with van der Waals surface area (Å²) in [6.45, 7) is 3.25. The number of hydrogen-bond acceptors (Lipinski definition) is 4. The summed E-state index contributed by atoms with van der Waals surface area (Å²) >= 11 is 1.65. The first-order valence-corrected chi connectivity index (χ1v) is 6.46. The summed E-state index contributed by atoms with van der Waals surface area (Å²) in [7, 11) is 0. The van der Waals surface area contributed by atoms with Crippen molar-refractivity contribution in [2.75, 3.05) is 12.3 Å². The van der Waals surface area contributed by atoms with Gasteiger partial charge in [0.1, 0.15) is 0 Å². The van der Waals surface area contributed by atoms with E-state index in [0.717, 1.165) is 28.4 Å². The molecule has 0 unspecified atom stereocenters. The Morgan fingerprint density at radius 2 is 2.18 bits per heavy atom. The molecule has 0 atom stereocenters. The predicted octanol–water partition coefficient (Wildman–Crippen LogP) is 2.79. The van der Waals surface area contributed by atoms with E-state index in [1.165, 1.54) is 0 Å². The van der Waals surface area contributed by atoms with E-state index in [1.807, 2.05) is 36.6 Å². The second kappa shape index (κ2) is 5.80. The molecular weight excluding hydrogens is 232 g/mol. The van der Waals surface area contributed by atoms with Gasteiger partial charge in [-0.2, -0.15) is 0 Å². The number of nitrogens with zero attached hydrogens (tertiary/aromatic N) is 1. The summed E-state index contributed by atoms with van der Waals surface area (Å²) in [6, 6.07) is 7.89. The zero-order chi connectivity index (χ0) is 12.1. The molecule has 1 aromatic carbocycles. The Morgan fingerprint density at radius 1 is 1.35 bits per heavy atom. The van der Waals surface area contributed by atoms with E-state index in [4.69, 9.17) is 10.5 Å². The number of aryl methyl sites for hydroxylation is 1. The molecule has 0 aliphatic heterocycles. The molecule has 90 valence electrons. The fraction of sp³-hybridized carbons (Fsp3) is 0.308. The van der Waals surface area contributed by atoms with Crippen LogP contribution >= 0.6 is 11.3 Å². The fourth-order valence-corrected chi connectivity index (χ4v) is 2.19. The maximum absolute atomic E-state index is 5.85. The van der Waals surface area contributed by atoms with E-state index < -0.39 is 0 Å². The van der Waals surface area contributed by atoms with Crippen LogP contribution in [0.25, 0.3) is 0 Å². The molecule has 2 aromatic rings. The predicted molar refractivity (Wildman–Crippen MR) is 71.1 cm³/mol. The van der Waals surface area contributed by atoms with Crippen molar-refractivity contribution < 1.29 is 4.74 Å². The van der Waals surface area contributed by atoms with Gasteiger partial charge in [0, 0.05) is 11.1 Å². The molecule has 0 amide bonds. The van der Waals surface area contributed by atoms with Gasteiger partial charge in [0.25, 0.3) is 0 Å². The van der Waals surface area contributed by atoms with Crippen molar-refractivity contribution in [2.24, 2.45) is 0 Å². The molecule has 4 heteroatoms. The van der Waals surface area contributed by atoms with Gasteiger partial charge in [-0.25, -0.2) is 4.98 Å². The van der Waals surface area contributed by atoms with Crippen molar-refractivity contribution in [1.29, 1.82) is 0 Å². The molecule has 0 aliphatic rings. The van der Waals surface area contributed by atoms with Crippen LogP contribution in [-0.2, 0) is 17.8 Å². The number of nitrogen functional groups attached to an aromatic ring is 1. The molecule has 17 heavy (non-hydrogen) atoms. The van der Waals surface area contributed by atoms with Gasteiger partial charge in [0.15, 0.2) is 0 Å². The number of thiazole rings is 1. The molecule has 2 N–H and O–H groups in total. The largest absolute Gasteiger partial charge is 0.399 e. The van der Waals surface area contributed by atoms with Crippen LogP contribution in [0.1, 0.15) is 16.3 Å². The van der Waals surface area contributed by atoms with Gasteiger partial charge < -0.3 is 10.5 Å². The highest BCUT2D eigenvalue weighted by Gasteiger charge is 2.00. The molecule has 1 heterocycles. The van der Waals surface area contributed by atoms with Crippen LogP contribution in [0.3, 0.4) is 0 Å². The Morgan fingerprint density at radius 3 is 2.88 bits per heavy atom. The highest BCUT2D eigenvalue weighted by molar-refractivity contribution is 7.09. The third-order valence-electron chi connectivity index (χ3n) is 2.49. The van der Waals surface area contributed by atoms with E-state index in [2.05, 4.69) is 4.98 Å². The summed E-state index contributed by atoms with van der Waals surface area (Å²) in [6.07, 6.45) is 0.843. The van der Waals surface area contributed by atoms with Crippen LogP contribution in [0.4, 0.5) is 5.69 Å². The molecular formula is C13H16N2OS. The molecule has 1 aromatic heterocycles. The smallest absolute Gasteiger partial charge is 0.0898 e. The first-order valence-electron chi connectivity index (χ1n) is 5.58. The first-order chi connectivity index (χ1) is 8.25. The highest BCUT2D eigenvalue weighted by atomic mass is 32.1. The molecule has 2 rings (SSSR count). The SMILES string of the molecule is Cc1nc(COCCc2ccccc2N)cs1. The lowest BCUT2D eigenvalue weighted by atomic mass is 10.1. The summed E-state index contributed by atoms with van der Waals surface area (Å²) in [5.41, 5.74) is 8.83. The van der Waals surface area contributed by atoms with Gasteiger partial charge in [-0.3, -0.25) is 0 Å². The fourth-order valence-electron chi connectivity index (χ4n) is 1.60. The quantitative estimate of drug-likeness (QED) is 0.654. The molecule has 0 aliphatic carbocycles. The number of hydrogen-bond donors (Lipinski definition) is 1.